The monoisotopic (exact) mass is 425 g/mol. The van der Waals surface area contributed by atoms with Crippen molar-refractivity contribution in [3.8, 4) is 0 Å². The van der Waals surface area contributed by atoms with Gasteiger partial charge in [-0.3, -0.25) is 4.79 Å². The molecule has 1 spiro atoms. The van der Waals surface area contributed by atoms with Crippen LogP contribution in [0.15, 0.2) is 54.6 Å². The van der Waals surface area contributed by atoms with Gasteiger partial charge in [0, 0.05) is 18.5 Å². The highest BCUT2D eigenvalue weighted by Crippen LogP contribution is 2.58. The lowest BCUT2D eigenvalue weighted by atomic mass is 9.49. The van der Waals surface area contributed by atoms with Gasteiger partial charge in [0.05, 0.1) is 5.41 Å². The number of allylic oxidation sites excluding steroid dienone is 1. The van der Waals surface area contributed by atoms with Gasteiger partial charge in [0.15, 0.2) is 0 Å². The lowest BCUT2D eigenvalue weighted by Crippen LogP contribution is -2.57. The lowest BCUT2D eigenvalue weighted by molar-refractivity contribution is -0.152. The zero-order chi connectivity index (χ0) is 22.0. The number of aryl methyl sites for hydroxylation is 1. The molecule has 3 aliphatic carbocycles. The van der Waals surface area contributed by atoms with E-state index in [-0.39, 0.29) is 16.2 Å². The Morgan fingerprint density at radius 2 is 1.62 bits per heavy atom. The standard InChI is InChI=1S/C30H35NO/c1-28-15-7-16-29(2,26(28)13-12-22-8-3-5-10-24(22)28)27(32)31-20-18-30(19-21-31)17-14-23-9-4-6-11-25(23)30/h3-6,8-11,14,17,26H,7,12-13,15-16,18-21H2,1-2H3/t26-,28-,29+/m1/s1. The van der Waals surface area contributed by atoms with Crippen LogP contribution in [0.1, 0.15) is 74.6 Å². The summed E-state index contributed by atoms with van der Waals surface area (Å²) >= 11 is 0. The van der Waals surface area contributed by atoms with E-state index in [4.69, 9.17) is 0 Å². The van der Waals surface area contributed by atoms with E-state index in [1.807, 2.05) is 0 Å². The molecule has 32 heavy (non-hydrogen) atoms. The SMILES string of the molecule is C[C@]1(C(=O)N2CCC3(C=Cc4ccccc43)CC2)CCC[C@]2(C)c3ccccc3CC[C@@H]12. The second-order valence-electron chi connectivity index (χ2n) is 11.3. The van der Waals surface area contributed by atoms with Crippen molar-refractivity contribution in [2.75, 3.05) is 13.1 Å². The summed E-state index contributed by atoms with van der Waals surface area (Å²) in [5.74, 6) is 0.868. The van der Waals surface area contributed by atoms with Gasteiger partial charge < -0.3 is 4.90 Å². The Kier molecular flexibility index (Phi) is 4.48. The van der Waals surface area contributed by atoms with Crippen molar-refractivity contribution in [1.82, 2.24) is 4.90 Å². The highest BCUT2D eigenvalue weighted by Gasteiger charge is 2.56. The summed E-state index contributed by atoms with van der Waals surface area (Å²) in [4.78, 5) is 16.4. The highest BCUT2D eigenvalue weighted by molar-refractivity contribution is 5.83. The number of fused-ring (bicyclic) bond motifs is 5. The number of hydrogen-bond acceptors (Lipinski definition) is 1. The Labute approximate surface area is 192 Å². The molecule has 1 saturated carbocycles. The van der Waals surface area contributed by atoms with Crippen molar-refractivity contribution in [2.45, 2.75) is 69.6 Å². The maximum absolute atomic E-state index is 14.1. The average molecular weight is 426 g/mol. The van der Waals surface area contributed by atoms with E-state index in [0.29, 0.717) is 11.8 Å². The number of carbonyl (C=O) groups excluding carboxylic acids is 1. The van der Waals surface area contributed by atoms with E-state index in [1.54, 1.807) is 0 Å². The molecule has 1 heterocycles. The van der Waals surface area contributed by atoms with Gasteiger partial charge in [0.25, 0.3) is 0 Å². The minimum atomic E-state index is -0.242. The molecule has 3 atom stereocenters. The van der Waals surface area contributed by atoms with Crippen LogP contribution >= 0.6 is 0 Å². The van der Waals surface area contributed by atoms with Crippen LogP contribution in [-0.4, -0.2) is 23.9 Å². The Bertz CT molecular complexity index is 1090. The Morgan fingerprint density at radius 1 is 0.906 bits per heavy atom. The minimum Gasteiger partial charge on any atom is -0.342 e. The van der Waals surface area contributed by atoms with E-state index in [0.717, 1.165) is 51.6 Å². The topological polar surface area (TPSA) is 20.3 Å². The van der Waals surface area contributed by atoms with Crippen LogP contribution in [0.3, 0.4) is 0 Å². The summed E-state index contributed by atoms with van der Waals surface area (Å²) < 4.78 is 0. The van der Waals surface area contributed by atoms with Crippen LogP contribution < -0.4 is 0 Å². The van der Waals surface area contributed by atoms with Gasteiger partial charge in [-0.1, -0.05) is 81.0 Å². The van der Waals surface area contributed by atoms with Crippen LogP contribution in [-0.2, 0) is 22.0 Å². The predicted octanol–water partition coefficient (Wildman–Crippen LogP) is 6.28. The second-order valence-corrected chi connectivity index (χ2v) is 11.3. The summed E-state index contributed by atoms with van der Waals surface area (Å²) in [5.41, 5.74) is 5.88. The summed E-state index contributed by atoms with van der Waals surface area (Å²) in [6.45, 7) is 6.52. The molecule has 2 aromatic carbocycles. The molecule has 0 bridgehead atoms. The van der Waals surface area contributed by atoms with Gasteiger partial charge in [-0.05, 0) is 72.1 Å². The second kappa shape index (κ2) is 7.07. The molecular weight excluding hydrogens is 390 g/mol. The molecule has 1 aliphatic heterocycles. The average Bonchev–Trinajstić information content (AvgIpc) is 3.17. The molecule has 2 aromatic rings. The molecule has 0 aromatic heterocycles. The van der Waals surface area contributed by atoms with Crippen molar-refractivity contribution >= 4 is 12.0 Å². The molecule has 0 unspecified atom stereocenters. The van der Waals surface area contributed by atoms with Crippen LogP contribution in [0.5, 0.6) is 0 Å². The molecule has 1 saturated heterocycles. The van der Waals surface area contributed by atoms with Gasteiger partial charge in [0.1, 0.15) is 0 Å². The summed E-state index contributed by atoms with van der Waals surface area (Å²) in [5, 5.41) is 0. The smallest absolute Gasteiger partial charge is 0.228 e. The summed E-state index contributed by atoms with van der Waals surface area (Å²) in [6.07, 6.45) is 12.5. The van der Waals surface area contributed by atoms with E-state index in [2.05, 4.69) is 79.4 Å². The number of benzene rings is 2. The fraction of sp³-hybridized carbons (Fsp3) is 0.500. The minimum absolute atomic E-state index is 0.127. The van der Waals surface area contributed by atoms with Gasteiger partial charge in [-0.25, -0.2) is 0 Å². The van der Waals surface area contributed by atoms with Gasteiger partial charge in [-0.2, -0.15) is 0 Å². The van der Waals surface area contributed by atoms with Crippen molar-refractivity contribution in [1.29, 1.82) is 0 Å². The van der Waals surface area contributed by atoms with Crippen molar-refractivity contribution in [3.05, 3.63) is 76.9 Å². The maximum atomic E-state index is 14.1. The molecular formula is C30H35NO. The fourth-order valence-electron chi connectivity index (χ4n) is 8.03. The third kappa shape index (κ3) is 2.74. The first-order valence-corrected chi connectivity index (χ1v) is 12.6. The molecule has 2 heteroatoms. The first-order chi connectivity index (χ1) is 15.5. The van der Waals surface area contributed by atoms with Crippen LogP contribution in [0.4, 0.5) is 0 Å². The number of piperidine rings is 1. The van der Waals surface area contributed by atoms with Crippen LogP contribution in [0.25, 0.3) is 6.08 Å². The Hall–Kier alpha value is -2.35. The number of amides is 1. The van der Waals surface area contributed by atoms with Crippen LogP contribution in [0.2, 0.25) is 0 Å². The molecule has 0 N–H and O–H groups in total. The van der Waals surface area contributed by atoms with Gasteiger partial charge in [-0.15, -0.1) is 0 Å². The predicted molar refractivity (Wildman–Crippen MR) is 131 cm³/mol. The molecule has 2 fully saturated rings. The van der Waals surface area contributed by atoms with Crippen LogP contribution in [0, 0.1) is 11.3 Å². The third-order valence-electron chi connectivity index (χ3n) is 9.78. The number of hydrogen-bond donors (Lipinski definition) is 0. The molecule has 166 valence electrons. The van der Waals surface area contributed by atoms with Gasteiger partial charge >= 0.3 is 0 Å². The van der Waals surface area contributed by atoms with E-state index in [9.17, 15) is 4.79 Å². The van der Waals surface area contributed by atoms with E-state index >= 15 is 0 Å². The first kappa shape index (κ1) is 20.3. The normalized spacial score (nSPS) is 32.3. The number of nitrogens with zero attached hydrogens (tertiary/aromatic N) is 1. The maximum Gasteiger partial charge on any atom is 0.228 e. The molecule has 2 nitrogen and oxygen atoms in total. The number of likely N-dealkylation sites (tertiary alicyclic amines) is 1. The van der Waals surface area contributed by atoms with Crippen molar-refractivity contribution in [3.63, 3.8) is 0 Å². The lowest BCUT2D eigenvalue weighted by Gasteiger charge is -2.56. The highest BCUT2D eigenvalue weighted by atomic mass is 16.2. The zero-order valence-corrected chi connectivity index (χ0v) is 19.6. The van der Waals surface area contributed by atoms with Crippen molar-refractivity contribution in [2.24, 2.45) is 11.3 Å². The molecule has 4 aliphatic rings. The first-order valence-electron chi connectivity index (χ1n) is 12.6. The third-order valence-corrected chi connectivity index (χ3v) is 9.78. The quantitative estimate of drug-likeness (QED) is 0.526. The number of rotatable bonds is 1. The molecule has 1 amide bonds. The zero-order valence-electron chi connectivity index (χ0n) is 19.6. The summed E-state index contributed by atoms with van der Waals surface area (Å²) in [7, 11) is 0. The Balaban J connectivity index is 1.25. The van der Waals surface area contributed by atoms with E-state index < -0.39 is 0 Å². The summed E-state index contributed by atoms with van der Waals surface area (Å²) in [6, 6.07) is 17.8. The number of carbonyl (C=O) groups is 1. The molecule has 6 rings (SSSR count). The van der Waals surface area contributed by atoms with E-state index in [1.165, 1.54) is 28.7 Å². The van der Waals surface area contributed by atoms with Gasteiger partial charge in [0.2, 0.25) is 5.91 Å². The van der Waals surface area contributed by atoms with Crippen molar-refractivity contribution < 1.29 is 4.79 Å². The Morgan fingerprint density at radius 3 is 2.44 bits per heavy atom. The molecule has 0 radical (unpaired) electrons. The fourth-order valence-corrected chi connectivity index (χ4v) is 8.03. The largest absolute Gasteiger partial charge is 0.342 e.